The molecular weight excluding hydrogens is 642 g/mol. The minimum absolute atomic E-state index is 0.107. The highest BCUT2D eigenvalue weighted by atomic mass is 16.3. The maximum Gasteiger partial charge on any atom is 0.336 e. The Bertz CT molecular complexity index is 1860. The average molecular weight is 700 g/mol. The highest BCUT2D eigenvalue weighted by Crippen LogP contribution is 2.33. The van der Waals surface area contributed by atoms with Gasteiger partial charge in [0.2, 0.25) is 0 Å². The molecule has 3 aromatic carbocycles. The van der Waals surface area contributed by atoms with E-state index < -0.39 is 17.1 Å². The van der Waals surface area contributed by atoms with Crippen LogP contribution in [0.25, 0.3) is 0 Å². The van der Waals surface area contributed by atoms with Gasteiger partial charge in [-0.2, -0.15) is 0 Å². The predicted octanol–water partition coefficient (Wildman–Crippen LogP) is 7.12. The molecule has 0 aliphatic carbocycles. The van der Waals surface area contributed by atoms with E-state index in [0.29, 0.717) is 52.6 Å². The molecule has 4 aromatic rings. The highest BCUT2D eigenvalue weighted by molar-refractivity contribution is 5.45. The van der Waals surface area contributed by atoms with Crippen LogP contribution >= 0.6 is 0 Å². The number of hydrogen-bond acceptors (Lipinski definition) is 6. The van der Waals surface area contributed by atoms with Gasteiger partial charge in [-0.1, -0.05) is 98.7 Å². The molecule has 9 nitrogen and oxygen atoms in total. The SMILES string of the molecule is Cc1cc(Cn2c(=O)n(Cc3cc(C)c(O)c(CC(C)(C)C)c3)c(=O)n(Cc3cc(C)c(O)c(CC(C)(C)C)c3)c2=O)cc(CC(C)(C)C)c1O. The van der Waals surface area contributed by atoms with Gasteiger partial charge in [0.1, 0.15) is 17.2 Å². The number of phenolic OH excluding ortho intramolecular Hbond substituents is 3. The van der Waals surface area contributed by atoms with Crippen molar-refractivity contribution in [2.75, 3.05) is 0 Å². The zero-order valence-electron chi connectivity index (χ0n) is 32.6. The van der Waals surface area contributed by atoms with E-state index in [0.717, 1.165) is 30.4 Å². The number of aromatic hydroxyl groups is 3. The van der Waals surface area contributed by atoms with Crippen LogP contribution in [0.4, 0.5) is 0 Å². The van der Waals surface area contributed by atoms with Gasteiger partial charge in [-0.15, -0.1) is 0 Å². The van der Waals surface area contributed by atoms with E-state index in [1.165, 1.54) is 0 Å². The molecule has 0 aliphatic heterocycles. The summed E-state index contributed by atoms with van der Waals surface area (Å²) in [6.07, 6.45) is 1.75. The molecule has 0 aliphatic rings. The first-order valence-corrected chi connectivity index (χ1v) is 17.7. The number of aryl methyl sites for hydroxylation is 3. The van der Waals surface area contributed by atoms with Gasteiger partial charge in [0.05, 0.1) is 19.6 Å². The van der Waals surface area contributed by atoms with Crippen LogP contribution in [0.5, 0.6) is 17.2 Å². The lowest BCUT2D eigenvalue weighted by molar-refractivity contribution is 0.393. The molecule has 0 fully saturated rings. The van der Waals surface area contributed by atoms with E-state index in [1.54, 1.807) is 39.0 Å². The summed E-state index contributed by atoms with van der Waals surface area (Å²) in [5, 5.41) is 32.6. The van der Waals surface area contributed by atoms with Crippen LogP contribution in [0.2, 0.25) is 0 Å². The van der Waals surface area contributed by atoms with Crippen molar-refractivity contribution < 1.29 is 15.3 Å². The Labute approximate surface area is 301 Å². The first-order valence-electron chi connectivity index (χ1n) is 17.7. The van der Waals surface area contributed by atoms with Crippen LogP contribution in [-0.2, 0) is 38.9 Å². The van der Waals surface area contributed by atoms with E-state index in [-0.39, 0.29) is 53.1 Å². The van der Waals surface area contributed by atoms with E-state index >= 15 is 0 Å². The Balaban J connectivity index is 1.94. The molecule has 0 saturated carbocycles. The summed E-state index contributed by atoms with van der Waals surface area (Å²) in [7, 11) is 0. The second kappa shape index (κ2) is 14.2. The fourth-order valence-corrected chi connectivity index (χ4v) is 6.83. The number of hydrogen-bond donors (Lipinski definition) is 3. The minimum atomic E-state index is -0.747. The molecule has 0 saturated heterocycles. The molecule has 9 heteroatoms. The number of rotatable bonds is 9. The van der Waals surface area contributed by atoms with Crippen LogP contribution in [0.3, 0.4) is 0 Å². The smallest absolute Gasteiger partial charge is 0.336 e. The monoisotopic (exact) mass is 699 g/mol. The molecule has 3 N–H and O–H groups in total. The first-order chi connectivity index (χ1) is 23.3. The van der Waals surface area contributed by atoms with Crippen LogP contribution < -0.4 is 17.1 Å². The molecule has 51 heavy (non-hydrogen) atoms. The van der Waals surface area contributed by atoms with Gasteiger partial charge in [-0.3, -0.25) is 0 Å². The second-order valence-electron chi connectivity index (χ2n) is 18.1. The maximum absolute atomic E-state index is 14.2. The molecule has 0 amide bonds. The summed E-state index contributed by atoms with van der Waals surface area (Å²) in [5.74, 6) is 0.558. The highest BCUT2D eigenvalue weighted by Gasteiger charge is 2.23. The van der Waals surface area contributed by atoms with E-state index in [9.17, 15) is 29.7 Å². The summed E-state index contributed by atoms with van der Waals surface area (Å²) in [4.78, 5) is 42.7. The van der Waals surface area contributed by atoms with Crippen LogP contribution in [0.15, 0.2) is 50.8 Å². The molecule has 276 valence electrons. The van der Waals surface area contributed by atoms with E-state index in [2.05, 4.69) is 62.3 Å². The van der Waals surface area contributed by atoms with Crippen LogP contribution in [0, 0.1) is 37.0 Å². The number of benzene rings is 3. The number of aromatic nitrogens is 3. The fourth-order valence-electron chi connectivity index (χ4n) is 6.83. The topological polar surface area (TPSA) is 127 Å². The van der Waals surface area contributed by atoms with Gasteiger partial charge >= 0.3 is 17.1 Å². The van der Waals surface area contributed by atoms with Crippen molar-refractivity contribution >= 4 is 0 Å². The molecule has 0 radical (unpaired) electrons. The molecule has 0 atom stereocenters. The van der Waals surface area contributed by atoms with Gasteiger partial charge in [-0.05, 0) is 106 Å². The maximum atomic E-state index is 14.2. The molecular formula is C42H57N3O6. The molecule has 1 aromatic heterocycles. The standard InChI is InChI=1S/C42H57N3O6/c1-25-13-28(16-31(34(25)46)19-40(4,5)6)22-43-37(49)44(23-29-14-26(2)35(47)32(17-29)20-41(7,8)9)39(51)45(38(43)50)24-30-15-27(3)36(48)33(18-30)21-42(10,11)12/h13-18,46-48H,19-24H2,1-12H3. The third-order valence-corrected chi connectivity index (χ3v) is 8.89. The van der Waals surface area contributed by atoms with Crippen molar-refractivity contribution in [3.8, 4) is 17.2 Å². The van der Waals surface area contributed by atoms with Crippen molar-refractivity contribution in [3.63, 3.8) is 0 Å². The molecule has 0 spiro atoms. The Morgan fingerprint density at radius 2 is 0.647 bits per heavy atom. The normalized spacial score (nSPS) is 12.5. The Morgan fingerprint density at radius 1 is 0.431 bits per heavy atom. The molecule has 0 unspecified atom stereocenters. The van der Waals surface area contributed by atoms with Crippen molar-refractivity contribution in [2.24, 2.45) is 16.2 Å². The summed E-state index contributed by atoms with van der Waals surface area (Å²) in [6, 6.07) is 10.8. The van der Waals surface area contributed by atoms with Crippen molar-refractivity contribution in [2.45, 2.75) is 122 Å². The van der Waals surface area contributed by atoms with Crippen molar-refractivity contribution in [1.82, 2.24) is 13.7 Å². The third-order valence-electron chi connectivity index (χ3n) is 8.89. The molecule has 4 rings (SSSR count). The Hall–Kier alpha value is -4.53. The summed E-state index contributed by atoms with van der Waals surface area (Å²) in [5.41, 5.74) is 3.39. The lowest BCUT2D eigenvalue weighted by atomic mass is 9.86. The zero-order valence-corrected chi connectivity index (χ0v) is 32.6. The van der Waals surface area contributed by atoms with Gasteiger partial charge in [0.15, 0.2) is 0 Å². The minimum Gasteiger partial charge on any atom is -0.507 e. The number of nitrogens with zero attached hydrogens (tertiary/aromatic N) is 3. The van der Waals surface area contributed by atoms with Gasteiger partial charge < -0.3 is 15.3 Å². The molecule has 1 heterocycles. The van der Waals surface area contributed by atoms with Crippen molar-refractivity contribution in [3.05, 3.63) is 118 Å². The lowest BCUT2D eigenvalue weighted by Crippen LogP contribution is -2.54. The van der Waals surface area contributed by atoms with Gasteiger partial charge in [0, 0.05) is 0 Å². The van der Waals surface area contributed by atoms with Gasteiger partial charge in [-0.25, -0.2) is 28.1 Å². The largest absolute Gasteiger partial charge is 0.507 e. The second-order valence-corrected chi connectivity index (χ2v) is 18.1. The lowest BCUT2D eigenvalue weighted by Gasteiger charge is -2.22. The molecule has 0 bridgehead atoms. The average Bonchev–Trinajstić information content (AvgIpc) is 2.97. The third kappa shape index (κ3) is 9.63. The van der Waals surface area contributed by atoms with E-state index in [4.69, 9.17) is 0 Å². The van der Waals surface area contributed by atoms with Crippen LogP contribution in [0.1, 0.15) is 112 Å². The van der Waals surface area contributed by atoms with E-state index in [1.807, 2.05) is 18.2 Å². The number of phenols is 3. The van der Waals surface area contributed by atoms with Crippen LogP contribution in [-0.4, -0.2) is 29.0 Å². The zero-order chi connectivity index (χ0) is 38.4. The van der Waals surface area contributed by atoms with Crippen molar-refractivity contribution in [1.29, 1.82) is 0 Å². The summed E-state index contributed by atoms with van der Waals surface area (Å²) >= 11 is 0. The Morgan fingerprint density at radius 3 is 0.843 bits per heavy atom. The summed E-state index contributed by atoms with van der Waals surface area (Å²) < 4.78 is 3.25. The van der Waals surface area contributed by atoms with Gasteiger partial charge in [0.25, 0.3) is 0 Å². The summed E-state index contributed by atoms with van der Waals surface area (Å²) in [6.45, 7) is 23.7. The fraction of sp³-hybridized carbons (Fsp3) is 0.500. The Kier molecular flexibility index (Phi) is 11.0. The quantitative estimate of drug-likeness (QED) is 0.171. The first kappa shape index (κ1) is 39.3. The predicted molar refractivity (Wildman–Crippen MR) is 205 cm³/mol.